The fraction of sp³-hybridized carbons (Fsp3) is 0.889. The predicted octanol–water partition coefficient (Wildman–Crippen LogP) is -0.183. The minimum atomic E-state index is -0.210. The molecule has 0 aromatic carbocycles. The van der Waals surface area contributed by atoms with Gasteiger partial charge in [0.15, 0.2) is 0 Å². The highest BCUT2D eigenvalue weighted by Gasteiger charge is 2.25. The summed E-state index contributed by atoms with van der Waals surface area (Å²) in [5.74, 6) is 0. The Balaban J connectivity index is 1.80. The lowest BCUT2D eigenvalue weighted by Gasteiger charge is -2.20. The van der Waals surface area contributed by atoms with E-state index >= 15 is 0 Å². The van der Waals surface area contributed by atoms with Gasteiger partial charge in [-0.3, -0.25) is 0 Å². The zero-order chi connectivity index (χ0) is 9.80. The maximum atomic E-state index is 11.2. The fourth-order valence-corrected chi connectivity index (χ4v) is 1.72. The van der Waals surface area contributed by atoms with Crippen LogP contribution in [0.15, 0.2) is 0 Å². The number of carbonyl (C=O) groups excluding carboxylic acids is 1. The van der Waals surface area contributed by atoms with Gasteiger partial charge >= 0.3 is 6.09 Å². The van der Waals surface area contributed by atoms with E-state index in [4.69, 9.17) is 9.47 Å². The Bertz CT molecular complexity index is 202. The van der Waals surface area contributed by atoms with Crippen LogP contribution in [0.4, 0.5) is 4.79 Å². The molecule has 0 aromatic rings. The molecule has 2 aliphatic rings. The van der Waals surface area contributed by atoms with Gasteiger partial charge in [-0.15, -0.1) is 0 Å². The van der Waals surface area contributed by atoms with E-state index < -0.39 is 0 Å². The number of hydrogen-bond acceptors (Lipinski definition) is 4. The van der Waals surface area contributed by atoms with Gasteiger partial charge in [0.05, 0.1) is 19.2 Å². The van der Waals surface area contributed by atoms with Crippen molar-refractivity contribution in [1.82, 2.24) is 10.2 Å². The summed E-state index contributed by atoms with van der Waals surface area (Å²) in [5.41, 5.74) is 0. The van der Waals surface area contributed by atoms with E-state index in [-0.39, 0.29) is 12.2 Å². The minimum absolute atomic E-state index is 0.114. The molecule has 14 heavy (non-hydrogen) atoms. The summed E-state index contributed by atoms with van der Waals surface area (Å²) in [6.45, 7) is 4.45. The van der Waals surface area contributed by atoms with Crippen molar-refractivity contribution in [2.24, 2.45) is 0 Å². The summed E-state index contributed by atoms with van der Waals surface area (Å²) in [6, 6.07) is 0. The number of carbonyl (C=O) groups is 1. The van der Waals surface area contributed by atoms with Crippen LogP contribution in [-0.2, 0) is 9.47 Å². The van der Waals surface area contributed by atoms with Gasteiger partial charge < -0.3 is 19.7 Å². The monoisotopic (exact) mass is 200 g/mol. The Morgan fingerprint density at radius 1 is 1.50 bits per heavy atom. The second kappa shape index (κ2) is 4.61. The molecule has 2 fully saturated rings. The van der Waals surface area contributed by atoms with Crippen LogP contribution in [0.1, 0.15) is 6.42 Å². The molecule has 5 heteroatoms. The van der Waals surface area contributed by atoms with Crippen molar-refractivity contribution in [2.45, 2.75) is 12.5 Å². The Morgan fingerprint density at radius 2 is 2.43 bits per heavy atom. The highest BCUT2D eigenvalue weighted by atomic mass is 16.6. The fourth-order valence-electron chi connectivity index (χ4n) is 1.72. The van der Waals surface area contributed by atoms with Crippen LogP contribution in [0.3, 0.4) is 0 Å². The first-order chi connectivity index (χ1) is 6.86. The van der Waals surface area contributed by atoms with Crippen LogP contribution in [-0.4, -0.2) is 56.5 Å². The Hall–Kier alpha value is -0.810. The topological polar surface area (TPSA) is 50.8 Å². The van der Waals surface area contributed by atoms with Crippen molar-refractivity contribution in [3.8, 4) is 0 Å². The van der Waals surface area contributed by atoms with E-state index in [0.717, 1.165) is 26.1 Å². The summed E-state index contributed by atoms with van der Waals surface area (Å²) in [7, 11) is 0. The summed E-state index contributed by atoms with van der Waals surface area (Å²) in [6.07, 6.45) is 0.946. The number of nitrogens with one attached hydrogen (secondary N) is 1. The Labute approximate surface area is 83.3 Å². The standard InChI is InChI=1S/C9H16N2O3/c12-9-11(3-5-14-9)7-8-6-10-2-1-4-13-8/h8,10H,1-7H2. The molecule has 1 N–H and O–H groups in total. The average Bonchev–Trinajstić information content (AvgIpc) is 2.44. The van der Waals surface area contributed by atoms with E-state index in [0.29, 0.717) is 19.7 Å². The van der Waals surface area contributed by atoms with Crippen molar-refractivity contribution < 1.29 is 14.3 Å². The summed E-state index contributed by atoms with van der Waals surface area (Å²) >= 11 is 0. The predicted molar refractivity (Wildman–Crippen MR) is 50.1 cm³/mol. The number of ether oxygens (including phenoxy) is 2. The molecule has 0 spiro atoms. The number of hydrogen-bond donors (Lipinski definition) is 1. The number of nitrogens with zero attached hydrogens (tertiary/aromatic N) is 1. The van der Waals surface area contributed by atoms with Gasteiger partial charge in [-0.05, 0) is 13.0 Å². The van der Waals surface area contributed by atoms with Gasteiger partial charge in [0, 0.05) is 13.2 Å². The SMILES string of the molecule is O=C1OCCN1CC1CNCCCO1. The van der Waals surface area contributed by atoms with Crippen LogP contribution >= 0.6 is 0 Å². The van der Waals surface area contributed by atoms with E-state index in [2.05, 4.69) is 5.32 Å². The third kappa shape index (κ3) is 2.36. The molecule has 1 atom stereocenters. The van der Waals surface area contributed by atoms with Gasteiger partial charge in [-0.25, -0.2) is 4.79 Å². The van der Waals surface area contributed by atoms with Crippen LogP contribution in [0.2, 0.25) is 0 Å². The van der Waals surface area contributed by atoms with E-state index in [1.165, 1.54) is 0 Å². The molecular weight excluding hydrogens is 184 g/mol. The number of amides is 1. The van der Waals surface area contributed by atoms with Crippen molar-refractivity contribution in [1.29, 1.82) is 0 Å². The lowest BCUT2D eigenvalue weighted by Crippen LogP contribution is -2.39. The summed E-state index contributed by atoms with van der Waals surface area (Å²) < 4.78 is 10.5. The van der Waals surface area contributed by atoms with E-state index in [1.807, 2.05) is 0 Å². The second-order valence-electron chi connectivity index (χ2n) is 3.61. The summed E-state index contributed by atoms with van der Waals surface area (Å²) in [4.78, 5) is 12.9. The number of rotatable bonds is 2. The van der Waals surface area contributed by atoms with Crippen LogP contribution in [0.5, 0.6) is 0 Å². The average molecular weight is 200 g/mol. The molecule has 0 aliphatic carbocycles. The van der Waals surface area contributed by atoms with Gasteiger partial charge in [-0.1, -0.05) is 0 Å². The van der Waals surface area contributed by atoms with Crippen molar-refractivity contribution in [3.63, 3.8) is 0 Å². The molecule has 0 aromatic heterocycles. The Kier molecular flexibility index (Phi) is 3.21. The van der Waals surface area contributed by atoms with Crippen LogP contribution < -0.4 is 5.32 Å². The maximum Gasteiger partial charge on any atom is 0.410 e. The third-order valence-electron chi connectivity index (χ3n) is 2.49. The van der Waals surface area contributed by atoms with Crippen molar-refractivity contribution >= 4 is 6.09 Å². The largest absolute Gasteiger partial charge is 0.448 e. The van der Waals surface area contributed by atoms with Gasteiger partial charge in [0.2, 0.25) is 0 Å². The van der Waals surface area contributed by atoms with Gasteiger partial charge in [0.1, 0.15) is 6.61 Å². The molecular formula is C9H16N2O3. The lowest BCUT2D eigenvalue weighted by molar-refractivity contribution is 0.0472. The Morgan fingerprint density at radius 3 is 3.21 bits per heavy atom. The first-order valence-electron chi connectivity index (χ1n) is 5.10. The molecule has 2 heterocycles. The smallest absolute Gasteiger partial charge is 0.410 e. The van der Waals surface area contributed by atoms with Gasteiger partial charge in [-0.2, -0.15) is 0 Å². The summed E-state index contributed by atoms with van der Waals surface area (Å²) in [5, 5.41) is 3.28. The van der Waals surface area contributed by atoms with Crippen molar-refractivity contribution in [3.05, 3.63) is 0 Å². The van der Waals surface area contributed by atoms with E-state index in [9.17, 15) is 4.79 Å². The molecule has 5 nitrogen and oxygen atoms in total. The first-order valence-corrected chi connectivity index (χ1v) is 5.10. The minimum Gasteiger partial charge on any atom is -0.448 e. The quantitative estimate of drug-likeness (QED) is 0.671. The molecule has 1 amide bonds. The zero-order valence-electron chi connectivity index (χ0n) is 8.20. The highest BCUT2D eigenvalue weighted by Crippen LogP contribution is 2.07. The van der Waals surface area contributed by atoms with Crippen LogP contribution in [0, 0.1) is 0 Å². The third-order valence-corrected chi connectivity index (χ3v) is 2.49. The zero-order valence-corrected chi connectivity index (χ0v) is 8.20. The number of cyclic esters (lactones) is 1. The molecule has 2 aliphatic heterocycles. The first kappa shape index (κ1) is 9.73. The normalized spacial score (nSPS) is 28.7. The van der Waals surface area contributed by atoms with Gasteiger partial charge in [0.25, 0.3) is 0 Å². The molecule has 0 saturated carbocycles. The lowest BCUT2D eigenvalue weighted by atomic mass is 10.3. The second-order valence-corrected chi connectivity index (χ2v) is 3.61. The molecule has 0 bridgehead atoms. The van der Waals surface area contributed by atoms with E-state index in [1.54, 1.807) is 4.90 Å². The highest BCUT2D eigenvalue weighted by molar-refractivity contribution is 5.69. The molecule has 2 saturated heterocycles. The molecule has 0 radical (unpaired) electrons. The molecule has 1 unspecified atom stereocenters. The molecule has 2 rings (SSSR count). The van der Waals surface area contributed by atoms with Crippen LogP contribution in [0.25, 0.3) is 0 Å². The maximum absolute atomic E-state index is 11.2. The molecule has 80 valence electrons. The van der Waals surface area contributed by atoms with Crippen molar-refractivity contribution in [2.75, 3.05) is 39.4 Å².